The number of aliphatic hydroxyl groups is 1. The molecule has 5 nitrogen and oxygen atoms in total. The van der Waals surface area contributed by atoms with Crippen LogP contribution in [0.1, 0.15) is 43.1 Å². The van der Waals surface area contributed by atoms with E-state index in [9.17, 15) is 9.59 Å². The van der Waals surface area contributed by atoms with E-state index in [0.717, 1.165) is 5.56 Å². The highest BCUT2D eigenvalue weighted by atomic mass is 16.3. The van der Waals surface area contributed by atoms with Crippen molar-refractivity contribution in [1.82, 2.24) is 10.6 Å². The van der Waals surface area contributed by atoms with Crippen LogP contribution in [0.3, 0.4) is 0 Å². The van der Waals surface area contributed by atoms with Crippen LogP contribution in [-0.2, 0) is 10.2 Å². The van der Waals surface area contributed by atoms with Crippen molar-refractivity contribution in [2.75, 3.05) is 13.2 Å². The van der Waals surface area contributed by atoms with Gasteiger partial charge in [0.1, 0.15) is 0 Å². The molecule has 0 aliphatic carbocycles. The summed E-state index contributed by atoms with van der Waals surface area (Å²) in [6.07, 6.45) is 5.38. The lowest BCUT2D eigenvalue weighted by molar-refractivity contribution is -0.121. The molecular formula is C18H24N2O3. The monoisotopic (exact) mass is 316 g/mol. The molecule has 0 spiro atoms. The number of aliphatic hydroxyl groups excluding tert-OH is 1. The number of hydrogen-bond acceptors (Lipinski definition) is 3. The smallest absolute Gasteiger partial charge is 0.251 e. The minimum Gasteiger partial charge on any atom is -0.394 e. The molecule has 0 unspecified atom stereocenters. The molecule has 124 valence electrons. The van der Waals surface area contributed by atoms with Gasteiger partial charge >= 0.3 is 0 Å². The third-order valence-electron chi connectivity index (χ3n) is 3.37. The second kappa shape index (κ2) is 8.35. The lowest BCUT2D eigenvalue weighted by atomic mass is 9.87. The molecule has 0 heterocycles. The summed E-state index contributed by atoms with van der Waals surface area (Å²) in [5, 5.41) is 14.2. The molecular weight excluding hydrogens is 292 g/mol. The van der Waals surface area contributed by atoms with Crippen LogP contribution in [0.4, 0.5) is 0 Å². The van der Waals surface area contributed by atoms with Gasteiger partial charge in [0.25, 0.3) is 5.91 Å². The van der Waals surface area contributed by atoms with Gasteiger partial charge in [0.05, 0.1) is 19.2 Å². The first-order valence-electron chi connectivity index (χ1n) is 7.50. The molecule has 0 aromatic heterocycles. The summed E-state index contributed by atoms with van der Waals surface area (Å²) < 4.78 is 0. The lowest BCUT2D eigenvalue weighted by Crippen LogP contribution is -2.43. The topological polar surface area (TPSA) is 78.4 Å². The van der Waals surface area contributed by atoms with Crippen molar-refractivity contribution < 1.29 is 14.7 Å². The number of carbonyl (C=O) groups is 2. The van der Waals surface area contributed by atoms with Crippen molar-refractivity contribution in [2.45, 2.75) is 38.6 Å². The van der Waals surface area contributed by atoms with E-state index in [0.29, 0.717) is 5.56 Å². The number of hydrogen-bond donors (Lipinski definition) is 3. The van der Waals surface area contributed by atoms with Gasteiger partial charge in [0.15, 0.2) is 0 Å². The van der Waals surface area contributed by atoms with E-state index in [1.54, 1.807) is 12.1 Å². The van der Waals surface area contributed by atoms with Crippen molar-refractivity contribution in [3.63, 3.8) is 0 Å². The molecule has 0 radical (unpaired) electrons. The minimum atomic E-state index is -0.490. The van der Waals surface area contributed by atoms with Crippen LogP contribution in [-0.4, -0.2) is 36.1 Å². The van der Waals surface area contributed by atoms with E-state index in [4.69, 9.17) is 11.5 Å². The fraction of sp³-hybridized carbons (Fsp3) is 0.444. The zero-order valence-electron chi connectivity index (χ0n) is 13.8. The minimum absolute atomic E-state index is 0.0191. The molecule has 5 heteroatoms. The summed E-state index contributed by atoms with van der Waals surface area (Å²) in [6.45, 7) is 5.89. The second-order valence-electron chi connectivity index (χ2n) is 6.37. The predicted octanol–water partition coefficient (Wildman–Crippen LogP) is 1.21. The molecule has 0 fully saturated rings. The average Bonchev–Trinajstić information content (AvgIpc) is 2.51. The van der Waals surface area contributed by atoms with Crippen LogP contribution in [0, 0.1) is 12.3 Å². The number of benzene rings is 1. The van der Waals surface area contributed by atoms with Crippen molar-refractivity contribution in [2.24, 2.45) is 0 Å². The molecule has 3 N–H and O–H groups in total. The standard InChI is InChI=1S/C18H24N2O3/c1-5-6-15(12-21)20-16(22)11-19-17(23)13-7-9-14(10-8-13)18(2,3)4/h1,7-10,15,21H,6,11-12H2,2-4H3,(H,19,23)(H,20,22)/t15-/m1/s1. The van der Waals surface area contributed by atoms with Gasteiger partial charge in [0, 0.05) is 12.0 Å². The van der Waals surface area contributed by atoms with Crippen molar-refractivity contribution in [3.05, 3.63) is 35.4 Å². The van der Waals surface area contributed by atoms with Gasteiger partial charge in [-0.3, -0.25) is 9.59 Å². The fourth-order valence-electron chi connectivity index (χ4n) is 1.97. The summed E-state index contributed by atoms with van der Waals surface area (Å²) >= 11 is 0. The highest BCUT2D eigenvalue weighted by Crippen LogP contribution is 2.22. The first-order chi connectivity index (χ1) is 10.8. The van der Waals surface area contributed by atoms with Crippen LogP contribution in [0.2, 0.25) is 0 Å². The Balaban J connectivity index is 2.54. The summed E-state index contributed by atoms with van der Waals surface area (Å²) in [5.74, 6) is 1.66. The molecule has 0 saturated heterocycles. The molecule has 0 aliphatic heterocycles. The van der Waals surface area contributed by atoms with Gasteiger partial charge < -0.3 is 15.7 Å². The Labute approximate surface area is 137 Å². The van der Waals surface area contributed by atoms with Gasteiger partial charge in [-0.25, -0.2) is 0 Å². The average molecular weight is 316 g/mol. The SMILES string of the molecule is C#CC[C@H](CO)NC(=O)CNC(=O)c1ccc(C(C)(C)C)cc1. The third kappa shape index (κ3) is 6.13. The Morgan fingerprint density at radius 2 is 1.87 bits per heavy atom. The first-order valence-corrected chi connectivity index (χ1v) is 7.50. The molecule has 1 atom stereocenters. The predicted molar refractivity (Wildman–Crippen MR) is 89.9 cm³/mol. The summed E-state index contributed by atoms with van der Waals surface area (Å²) in [4.78, 5) is 23.7. The maximum atomic E-state index is 12.0. The summed E-state index contributed by atoms with van der Waals surface area (Å²) in [7, 11) is 0. The Morgan fingerprint density at radius 3 is 2.35 bits per heavy atom. The Hall–Kier alpha value is -2.32. The van der Waals surface area contributed by atoms with Crippen LogP contribution < -0.4 is 10.6 Å². The highest BCUT2D eigenvalue weighted by molar-refractivity contribution is 5.96. The van der Waals surface area contributed by atoms with E-state index in [1.165, 1.54) is 0 Å². The molecule has 1 aromatic rings. The van der Waals surface area contributed by atoms with E-state index in [1.807, 2.05) is 12.1 Å². The number of amides is 2. The normalized spacial score (nSPS) is 12.1. The number of terminal acetylenes is 1. The summed E-state index contributed by atoms with van der Waals surface area (Å²) in [6, 6.07) is 6.80. The van der Waals surface area contributed by atoms with Crippen LogP contribution >= 0.6 is 0 Å². The van der Waals surface area contributed by atoms with E-state index < -0.39 is 6.04 Å². The fourth-order valence-corrected chi connectivity index (χ4v) is 1.97. The van der Waals surface area contributed by atoms with Crippen molar-refractivity contribution in [1.29, 1.82) is 0 Å². The molecule has 1 rings (SSSR count). The maximum Gasteiger partial charge on any atom is 0.251 e. The first kappa shape index (κ1) is 18.7. The number of carbonyl (C=O) groups excluding carboxylic acids is 2. The van der Waals surface area contributed by atoms with E-state index >= 15 is 0 Å². The van der Waals surface area contributed by atoms with Gasteiger partial charge in [-0.1, -0.05) is 32.9 Å². The molecule has 23 heavy (non-hydrogen) atoms. The van der Waals surface area contributed by atoms with Crippen LogP contribution in [0.25, 0.3) is 0 Å². The zero-order valence-corrected chi connectivity index (χ0v) is 13.8. The van der Waals surface area contributed by atoms with Crippen molar-refractivity contribution in [3.8, 4) is 12.3 Å². The van der Waals surface area contributed by atoms with Crippen LogP contribution in [0.15, 0.2) is 24.3 Å². The van der Waals surface area contributed by atoms with Gasteiger partial charge in [-0.2, -0.15) is 0 Å². The van der Waals surface area contributed by atoms with Crippen LogP contribution in [0.5, 0.6) is 0 Å². The third-order valence-corrected chi connectivity index (χ3v) is 3.37. The maximum absolute atomic E-state index is 12.0. The number of rotatable bonds is 6. The largest absolute Gasteiger partial charge is 0.394 e. The lowest BCUT2D eigenvalue weighted by Gasteiger charge is -2.19. The Kier molecular flexibility index (Phi) is 6.80. The van der Waals surface area contributed by atoms with Gasteiger partial charge in [-0.05, 0) is 23.1 Å². The quantitative estimate of drug-likeness (QED) is 0.690. The molecule has 0 bridgehead atoms. The molecule has 1 aromatic carbocycles. The second-order valence-corrected chi connectivity index (χ2v) is 6.37. The molecule has 0 saturated carbocycles. The number of nitrogens with one attached hydrogen (secondary N) is 2. The molecule has 0 aliphatic rings. The zero-order chi connectivity index (χ0) is 17.5. The Bertz CT molecular complexity index is 580. The van der Waals surface area contributed by atoms with E-state index in [2.05, 4.69) is 37.3 Å². The molecule has 2 amide bonds. The summed E-state index contributed by atoms with van der Waals surface area (Å²) in [5.41, 5.74) is 1.64. The van der Waals surface area contributed by atoms with Crippen molar-refractivity contribution >= 4 is 11.8 Å². The van der Waals surface area contributed by atoms with Gasteiger partial charge in [0.2, 0.25) is 5.91 Å². The highest BCUT2D eigenvalue weighted by Gasteiger charge is 2.15. The Morgan fingerprint density at radius 1 is 1.26 bits per heavy atom. The van der Waals surface area contributed by atoms with E-state index in [-0.39, 0.29) is 36.8 Å². The van der Waals surface area contributed by atoms with Gasteiger partial charge in [-0.15, -0.1) is 12.3 Å².